The number of hydrogen-bond donors (Lipinski definition) is 3. The van der Waals surface area contributed by atoms with Crippen LogP contribution in [0.2, 0.25) is 0 Å². The van der Waals surface area contributed by atoms with Crippen LogP contribution in [0.25, 0.3) is 0 Å². The molecule has 0 aromatic heterocycles. The Labute approximate surface area is 81.0 Å². The molecule has 14 heavy (non-hydrogen) atoms. The van der Waals surface area contributed by atoms with E-state index < -0.39 is 37.0 Å². The fraction of sp³-hybridized carbons (Fsp3) is 1.00. The van der Waals surface area contributed by atoms with Crippen molar-refractivity contribution in [2.24, 2.45) is 0 Å². The molecule has 6 nitrogen and oxygen atoms in total. The lowest BCUT2D eigenvalue weighted by atomic mass is 9.98. The van der Waals surface area contributed by atoms with Gasteiger partial charge in [-0.3, -0.25) is 0 Å². The minimum atomic E-state index is -1.38. The van der Waals surface area contributed by atoms with Crippen LogP contribution in [0.3, 0.4) is 0 Å². The molecular weight excluding hydrogens is 192 g/mol. The predicted molar refractivity (Wildman–Crippen MR) is 43.2 cm³/mol. The lowest BCUT2D eigenvalue weighted by molar-refractivity contribution is -0.348. The maximum Gasteiger partial charge on any atom is 0.184 e. The van der Waals surface area contributed by atoms with Crippen molar-refractivity contribution in [1.82, 2.24) is 0 Å². The van der Waals surface area contributed by atoms with Gasteiger partial charge in [-0.05, 0) is 6.92 Å². The van der Waals surface area contributed by atoms with Crippen LogP contribution in [-0.4, -0.2) is 58.9 Å². The Morgan fingerprint density at radius 3 is 2.50 bits per heavy atom. The van der Waals surface area contributed by atoms with Gasteiger partial charge in [0.1, 0.15) is 24.4 Å². The van der Waals surface area contributed by atoms with Crippen molar-refractivity contribution in [1.29, 1.82) is 0 Å². The molecular formula is C8H14O6. The maximum atomic E-state index is 9.59. The first-order chi connectivity index (χ1) is 6.59. The number of aliphatic hydroxyl groups excluding tert-OH is 3. The summed E-state index contributed by atoms with van der Waals surface area (Å²) in [5, 5.41) is 28.1. The van der Waals surface area contributed by atoms with Crippen LogP contribution in [0.4, 0.5) is 0 Å². The summed E-state index contributed by atoms with van der Waals surface area (Å²) >= 11 is 0. The van der Waals surface area contributed by atoms with E-state index in [2.05, 4.69) is 0 Å². The van der Waals surface area contributed by atoms with E-state index in [4.69, 9.17) is 14.2 Å². The van der Waals surface area contributed by atoms with Crippen LogP contribution in [0, 0.1) is 0 Å². The highest BCUT2D eigenvalue weighted by molar-refractivity contribution is 4.91. The lowest BCUT2D eigenvalue weighted by Gasteiger charge is -2.44. The molecule has 2 aliphatic rings. The van der Waals surface area contributed by atoms with E-state index in [1.165, 1.54) is 0 Å². The van der Waals surface area contributed by atoms with E-state index in [9.17, 15) is 15.3 Å². The van der Waals surface area contributed by atoms with Crippen molar-refractivity contribution in [3.63, 3.8) is 0 Å². The second-order valence-corrected chi connectivity index (χ2v) is 3.55. The molecule has 2 aliphatic heterocycles. The molecule has 0 saturated carbocycles. The summed E-state index contributed by atoms with van der Waals surface area (Å²) in [6.45, 7) is 1.94. The Bertz CT molecular complexity index is 208. The molecule has 6 atom stereocenters. The van der Waals surface area contributed by atoms with Crippen LogP contribution >= 0.6 is 0 Å². The van der Waals surface area contributed by atoms with Gasteiger partial charge in [-0.25, -0.2) is 0 Å². The van der Waals surface area contributed by atoms with Crippen LogP contribution in [-0.2, 0) is 14.2 Å². The molecule has 6 heteroatoms. The molecule has 82 valence electrons. The minimum Gasteiger partial charge on any atom is -0.387 e. The third kappa shape index (κ3) is 1.65. The molecule has 0 amide bonds. The normalized spacial score (nSPS) is 54.0. The molecule has 0 aliphatic carbocycles. The number of aliphatic hydroxyl groups is 3. The monoisotopic (exact) mass is 206 g/mol. The zero-order valence-electron chi connectivity index (χ0n) is 7.74. The third-order valence-corrected chi connectivity index (χ3v) is 2.50. The number of hydrogen-bond acceptors (Lipinski definition) is 6. The standard InChI is InChI=1S/C8H14O6/c1-3-12-2-4-7(13-3)5(9)6(10)8(11)14-4/h3-11H,2H2,1H3/t3?,4?,5-,6?,7+,8?/m0/s1. The zero-order valence-corrected chi connectivity index (χ0v) is 7.74. The van der Waals surface area contributed by atoms with Crippen molar-refractivity contribution in [2.75, 3.05) is 6.61 Å². The van der Waals surface area contributed by atoms with Gasteiger partial charge in [-0.1, -0.05) is 0 Å². The minimum absolute atomic E-state index is 0.243. The van der Waals surface area contributed by atoms with Gasteiger partial charge in [0.05, 0.1) is 6.61 Å². The van der Waals surface area contributed by atoms with Gasteiger partial charge >= 0.3 is 0 Å². The molecule has 4 unspecified atom stereocenters. The second-order valence-electron chi connectivity index (χ2n) is 3.55. The molecule has 2 fully saturated rings. The third-order valence-electron chi connectivity index (χ3n) is 2.50. The molecule has 0 radical (unpaired) electrons. The zero-order chi connectivity index (χ0) is 10.3. The maximum absolute atomic E-state index is 9.59. The van der Waals surface area contributed by atoms with Gasteiger partial charge in [0.15, 0.2) is 12.6 Å². The summed E-state index contributed by atoms with van der Waals surface area (Å²) < 4.78 is 15.4. The second kappa shape index (κ2) is 3.73. The quantitative estimate of drug-likeness (QED) is 0.433. The smallest absolute Gasteiger partial charge is 0.184 e. The lowest BCUT2D eigenvalue weighted by Crippen LogP contribution is -2.62. The average molecular weight is 206 g/mol. The van der Waals surface area contributed by atoms with Crippen LogP contribution in [0.5, 0.6) is 0 Å². The Morgan fingerprint density at radius 2 is 1.79 bits per heavy atom. The highest BCUT2D eigenvalue weighted by Crippen LogP contribution is 2.27. The van der Waals surface area contributed by atoms with E-state index in [1.807, 2.05) is 0 Å². The molecule has 0 spiro atoms. The van der Waals surface area contributed by atoms with Gasteiger partial charge in [-0.2, -0.15) is 0 Å². The first kappa shape index (κ1) is 10.3. The topological polar surface area (TPSA) is 88.4 Å². The van der Waals surface area contributed by atoms with E-state index in [0.29, 0.717) is 0 Å². The number of rotatable bonds is 0. The van der Waals surface area contributed by atoms with Crippen molar-refractivity contribution >= 4 is 0 Å². The fourth-order valence-electron chi connectivity index (χ4n) is 1.71. The van der Waals surface area contributed by atoms with Crippen molar-refractivity contribution in [3.05, 3.63) is 0 Å². The summed E-state index contributed by atoms with van der Waals surface area (Å²) in [5.74, 6) is 0. The Kier molecular flexibility index (Phi) is 2.74. The van der Waals surface area contributed by atoms with Gasteiger partial charge in [0.2, 0.25) is 0 Å². The van der Waals surface area contributed by atoms with E-state index in [0.717, 1.165) is 0 Å². The molecule has 2 saturated heterocycles. The van der Waals surface area contributed by atoms with E-state index >= 15 is 0 Å². The van der Waals surface area contributed by atoms with Crippen LogP contribution < -0.4 is 0 Å². The predicted octanol–water partition coefficient (Wildman–Crippen LogP) is -1.81. The average Bonchev–Trinajstić information content (AvgIpc) is 2.16. The Hall–Kier alpha value is -0.240. The number of fused-ring (bicyclic) bond motifs is 1. The molecule has 3 N–H and O–H groups in total. The molecule has 0 bridgehead atoms. The van der Waals surface area contributed by atoms with Gasteiger partial charge < -0.3 is 29.5 Å². The first-order valence-corrected chi connectivity index (χ1v) is 4.56. The Balaban J connectivity index is 2.08. The van der Waals surface area contributed by atoms with Gasteiger partial charge in [-0.15, -0.1) is 0 Å². The van der Waals surface area contributed by atoms with Crippen LogP contribution in [0.1, 0.15) is 6.92 Å². The highest BCUT2D eigenvalue weighted by atomic mass is 16.7. The van der Waals surface area contributed by atoms with Gasteiger partial charge in [0.25, 0.3) is 0 Å². The summed E-state index contributed by atoms with van der Waals surface area (Å²) in [6, 6.07) is 0. The SMILES string of the molecule is CC1OCC2OC(O)C(O)[C@H](O)[C@@H]2O1. The van der Waals surface area contributed by atoms with E-state index in [-0.39, 0.29) is 6.61 Å². The largest absolute Gasteiger partial charge is 0.387 e. The van der Waals surface area contributed by atoms with Crippen molar-refractivity contribution in [3.8, 4) is 0 Å². The van der Waals surface area contributed by atoms with Crippen molar-refractivity contribution < 1.29 is 29.5 Å². The first-order valence-electron chi connectivity index (χ1n) is 4.56. The Morgan fingerprint density at radius 1 is 1.07 bits per heavy atom. The summed E-state index contributed by atoms with van der Waals surface area (Å²) in [5.41, 5.74) is 0. The summed E-state index contributed by atoms with van der Waals surface area (Å²) in [4.78, 5) is 0. The summed E-state index contributed by atoms with van der Waals surface area (Å²) in [7, 11) is 0. The molecule has 2 rings (SSSR count). The number of ether oxygens (including phenoxy) is 3. The molecule has 0 aromatic rings. The van der Waals surface area contributed by atoms with Crippen molar-refractivity contribution in [2.45, 2.75) is 43.9 Å². The fourth-order valence-corrected chi connectivity index (χ4v) is 1.71. The molecule has 0 aromatic carbocycles. The van der Waals surface area contributed by atoms with Crippen LogP contribution in [0.15, 0.2) is 0 Å². The van der Waals surface area contributed by atoms with E-state index in [1.54, 1.807) is 6.92 Å². The molecule has 2 heterocycles. The highest BCUT2D eigenvalue weighted by Gasteiger charge is 2.47. The van der Waals surface area contributed by atoms with Gasteiger partial charge in [0, 0.05) is 0 Å². The summed E-state index contributed by atoms with van der Waals surface area (Å²) in [6.07, 6.45) is -5.46.